The van der Waals surface area contributed by atoms with Crippen molar-refractivity contribution in [2.75, 3.05) is 0 Å². The summed E-state index contributed by atoms with van der Waals surface area (Å²) in [6, 6.07) is 0. The second-order valence-electron chi connectivity index (χ2n) is 2.47. The third-order valence-corrected chi connectivity index (χ3v) is 1.85. The monoisotopic (exact) mass is 97.1 g/mol. The summed E-state index contributed by atoms with van der Waals surface area (Å²) in [7, 11) is 0. The van der Waals surface area contributed by atoms with Crippen molar-refractivity contribution in [3.05, 3.63) is 5.92 Å². The topological polar surface area (TPSA) is 0 Å². The van der Waals surface area contributed by atoms with Crippen LogP contribution in [0.25, 0.3) is 0 Å². The second kappa shape index (κ2) is 1.85. The molecular weight excluding hydrogens is 84.1 g/mol. The third kappa shape index (κ3) is 1.19. The van der Waals surface area contributed by atoms with E-state index in [1.165, 1.54) is 19.3 Å². The molecule has 0 heterocycles. The molecule has 0 aromatic rings. The maximum absolute atomic E-state index is 2.32. The molecule has 0 saturated heterocycles. The van der Waals surface area contributed by atoms with Crippen LogP contribution in [0.2, 0.25) is 0 Å². The maximum Gasteiger partial charge on any atom is -0.0676 e. The summed E-state index contributed by atoms with van der Waals surface area (Å²) in [5.74, 6) is 2.72. The van der Waals surface area contributed by atoms with E-state index in [2.05, 4.69) is 13.8 Å². The molecule has 0 aromatic carbocycles. The van der Waals surface area contributed by atoms with Gasteiger partial charge in [0.25, 0.3) is 0 Å². The molecule has 0 heteroatoms. The van der Waals surface area contributed by atoms with Crippen molar-refractivity contribution in [1.29, 1.82) is 0 Å². The van der Waals surface area contributed by atoms with E-state index in [9.17, 15) is 0 Å². The number of hydrogen-bond acceptors (Lipinski definition) is 0. The first-order chi connectivity index (χ1) is 3.34. The van der Waals surface area contributed by atoms with Gasteiger partial charge in [0.05, 0.1) is 0 Å². The zero-order chi connectivity index (χ0) is 5.28. The molecule has 1 fully saturated rings. The molecule has 1 aliphatic carbocycles. The third-order valence-electron chi connectivity index (χ3n) is 1.85. The molecule has 0 aromatic heterocycles. The SMILES string of the molecule is CCC(C)[C-]1CC1. The Bertz CT molecular complexity index is 53.1. The molecule has 0 nitrogen and oxygen atoms in total. The summed E-state index contributed by atoms with van der Waals surface area (Å²) < 4.78 is 0. The fourth-order valence-corrected chi connectivity index (χ4v) is 0.854. The second-order valence-corrected chi connectivity index (χ2v) is 2.47. The Morgan fingerprint density at radius 1 is 1.57 bits per heavy atom. The molecule has 0 bridgehead atoms. The van der Waals surface area contributed by atoms with E-state index in [1.54, 1.807) is 5.92 Å². The summed E-state index contributed by atoms with van der Waals surface area (Å²) in [5.41, 5.74) is 0. The first-order valence-corrected chi connectivity index (χ1v) is 3.19. The van der Waals surface area contributed by atoms with Crippen LogP contribution in [0.4, 0.5) is 0 Å². The van der Waals surface area contributed by atoms with Gasteiger partial charge >= 0.3 is 0 Å². The normalized spacial score (nSPS) is 24.9. The fourth-order valence-electron chi connectivity index (χ4n) is 0.854. The van der Waals surface area contributed by atoms with Gasteiger partial charge in [0.1, 0.15) is 0 Å². The van der Waals surface area contributed by atoms with Gasteiger partial charge < -0.3 is 5.92 Å². The van der Waals surface area contributed by atoms with Crippen molar-refractivity contribution >= 4 is 0 Å². The van der Waals surface area contributed by atoms with Gasteiger partial charge in [-0.1, -0.05) is 20.3 Å². The van der Waals surface area contributed by atoms with Crippen LogP contribution in [0, 0.1) is 11.8 Å². The average molecular weight is 97.2 g/mol. The van der Waals surface area contributed by atoms with Gasteiger partial charge in [-0.3, -0.25) is 0 Å². The largest absolute Gasteiger partial charge is 0.316 e. The lowest BCUT2D eigenvalue weighted by atomic mass is 10.0. The number of rotatable bonds is 2. The van der Waals surface area contributed by atoms with E-state index >= 15 is 0 Å². The van der Waals surface area contributed by atoms with E-state index in [0.717, 1.165) is 5.92 Å². The molecule has 0 aliphatic heterocycles. The molecule has 1 rings (SSSR count). The Hall–Kier alpha value is 0. The van der Waals surface area contributed by atoms with Crippen LogP contribution in [-0.4, -0.2) is 0 Å². The van der Waals surface area contributed by atoms with Crippen molar-refractivity contribution in [2.24, 2.45) is 5.92 Å². The quantitative estimate of drug-likeness (QED) is 0.464. The zero-order valence-corrected chi connectivity index (χ0v) is 5.20. The van der Waals surface area contributed by atoms with Crippen LogP contribution in [0.5, 0.6) is 0 Å². The van der Waals surface area contributed by atoms with Crippen molar-refractivity contribution in [3.8, 4) is 0 Å². The predicted octanol–water partition coefficient (Wildman–Crippen LogP) is 2.40. The summed E-state index contributed by atoms with van der Waals surface area (Å²) in [6.45, 7) is 4.58. The molecule has 1 atom stereocenters. The van der Waals surface area contributed by atoms with Crippen molar-refractivity contribution in [1.82, 2.24) is 0 Å². The van der Waals surface area contributed by atoms with Crippen LogP contribution in [0.15, 0.2) is 0 Å². The first-order valence-electron chi connectivity index (χ1n) is 3.19. The van der Waals surface area contributed by atoms with Crippen LogP contribution >= 0.6 is 0 Å². The lowest BCUT2D eigenvalue weighted by Gasteiger charge is -2.15. The fraction of sp³-hybridized carbons (Fsp3) is 0.857. The highest BCUT2D eigenvalue weighted by Crippen LogP contribution is 2.40. The minimum Gasteiger partial charge on any atom is -0.316 e. The van der Waals surface area contributed by atoms with Gasteiger partial charge in [-0.2, -0.15) is 5.92 Å². The van der Waals surface area contributed by atoms with Gasteiger partial charge in [-0.25, -0.2) is 12.8 Å². The van der Waals surface area contributed by atoms with Crippen LogP contribution < -0.4 is 0 Å². The molecule has 0 radical (unpaired) electrons. The van der Waals surface area contributed by atoms with E-state index in [4.69, 9.17) is 0 Å². The van der Waals surface area contributed by atoms with E-state index < -0.39 is 0 Å². The van der Waals surface area contributed by atoms with Crippen LogP contribution in [0.3, 0.4) is 0 Å². The van der Waals surface area contributed by atoms with Crippen LogP contribution in [-0.2, 0) is 0 Å². The Balaban J connectivity index is 2.10. The van der Waals surface area contributed by atoms with Gasteiger partial charge in [-0.15, -0.1) is 0 Å². The molecule has 1 unspecified atom stereocenters. The highest BCUT2D eigenvalue weighted by atomic mass is 14.3. The molecule has 1 saturated carbocycles. The Labute approximate surface area is 45.9 Å². The smallest absolute Gasteiger partial charge is 0.0676 e. The average Bonchev–Trinajstić information content (AvgIpc) is 2.44. The molecule has 0 N–H and O–H groups in total. The van der Waals surface area contributed by atoms with Gasteiger partial charge in [-0.05, 0) is 0 Å². The maximum atomic E-state index is 2.32. The Kier molecular flexibility index (Phi) is 1.36. The lowest BCUT2D eigenvalue weighted by molar-refractivity contribution is 0.631. The summed E-state index contributed by atoms with van der Waals surface area (Å²) >= 11 is 0. The summed E-state index contributed by atoms with van der Waals surface area (Å²) in [4.78, 5) is 0. The Morgan fingerprint density at radius 2 is 2.14 bits per heavy atom. The molecule has 0 amide bonds. The van der Waals surface area contributed by atoms with Crippen molar-refractivity contribution in [2.45, 2.75) is 33.1 Å². The lowest BCUT2D eigenvalue weighted by Crippen LogP contribution is -1.89. The minimum absolute atomic E-state index is 0.931. The summed E-state index contributed by atoms with van der Waals surface area (Å²) in [6.07, 6.45) is 4.19. The zero-order valence-electron chi connectivity index (χ0n) is 5.20. The van der Waals surface area contributed by atoms with Crippen molar-refractivity contribution < 1.29 is 0 Å². The van der Waals surface area contributed by atoms with Crippen LogP contribution in [0.1, 0.15) is 33.1 Å². The highest BCUT2D eigenvalue weighted by Gasteiger charge is 2.08. The molecule has 1 aliphatic rings. The minimum atomic E-state index is 0.931. The number of hydrogen-bond donors (Lipinski definition) is 0. The highest BCUT2D eigenvalue weighted by molar-refractivity contribution is 5.08. The Morgan fingerprint density at radius 3 is 2.29 bits per heavy atom. The molecule has 42 valence electrons. The van der Waals surface area contributed by atoms with Gasteiger partial charge in [0, 0.05) is 0 Å². The van der Waals surface area contributed by atoms with Gasteiger partial charge in [0.15, 0.2) is 0 Å². The molecule has 0 spiro atoms. The predicted molar refractivity (Wildman–Crippen MR) is 31.9 cm³/mol. The van der Waals surface area contributed by atoms with Gasteiger partial charge in [0.2, 0.25) is 0 Å². The molecule has 7 heavy (non-hydrogen) atoms. The first kappa shape index (κ1) is 5.14. The van der Waals surface area contributed by atoms with E-state index in [1.807, 2.05) is 0 Å². The van der Waals surface area contributed by atoms with E-state index in [-0.39, 0.29) is 0 Å². The standard InChI is InChI=1S/C7H13/c1-3-6(2)7-4-5-7/h6H,3-5H2,1-2H3/q-1. The van der Waals surface area contributed by atoms with E-state index in [0.29, 0.717) is 0 Å². The summed E-state index contributed by atoms with van der Waals surface area (Å²) in [5, 5.41) is 0. The van der Waals surface area contributed by atoms with Crippen molar-refractivity contribution in [3.63, 3.8) is 0 Å². The molecular formula is C7H13-.